The Hall–Kier alpha value is -3.48. The van der Waals surface area contributed by atoms with E-state index in [2.05, 4.69) is 15.3 Å². The highest BCUT2D eigenvalue weighted by molar-refractivity contribution is 5.87. The van der Waals surface area contributed by atoms with Crippen LogP contribution in [-0.4, -0.2) is 21.8 Å². The van der Waals surface area contributed by atoms with Gasteiger partial charge in [0.25, 0.3) is 0 Å². The van der Waals surface area contributed by atoms with Gasteiger partial charge in [-0.3, -0.25) is 9.59 Å². The molecule has 3 aromatic rings. The van der Waals surface area contributed by atoms with Gasteiger partial charge in [0.15, 0.2) is 12.4 Å². The van der Waals surface area contributed by atoms with Gasteiger partial charge in [-0.1, -0.05) is 42.0 Å². The summed E-state index contributed by atoms with van der Waals surface area (Å²) in [6, 6.07) is 14.5. The molecule has 0 aliphatic carbocycles. The van der Waals surface area contributed by atoms with E-state index in [1.165, 1.54) is 6.92 Å². The van der Waals surface area contributed by atoms with Crippen molar-refractivity contribution in [2.45, 2.75) is 32.9 Å². The molecule has 0 aliphatic rings. The van der Waals surface area contributed by atoms with Gasteiger partial charge < -0.3 is 15.8 Å². The number of nitrogens with two attached hydrogens (primary N) is 1. The summed E-state index contributed by atoms with van der Waals surface area (Å²) < 4.78 is 5.32. The van der Waals surface area contributed by atoms with Crippen molar-refractivity contribution >= 4 is 28.6 Å². The minimum atomic E-state index is -0.465. The maximum atomic E-state index is 12.3. The van der Waals surface area contributed by atoms with Gasteiger partial charge in [0.05, 0.1) is 18.0 Å². The number of carbonyl (C=O) groups excluding carboxylic acids is 2. The van der Waals surface area contributed by atoms with Crippen LogP contribution in [0, 0.1) is 6.92 Å². The Bertz CT molecular complexity index is 1000. The Morgan fingerprint density at radius 3 is 2.54 bits per heavy atom. The Kier molecular flexibility index (Phi) is 5.84. The maximum Gasteiger partial charge on any atom is 0.308 e. The van der Waals surface area contributed by atoms with Crippen LogP contribution in [0.15, 0.2) is 48.5 Å². The first-order chi connectivity index (χ1) is 13.4. The summed E-state index contributed by atoms with van der Waals surface area (Å²) in [6.45, 7) is 3.30. The van der Waals surface area contributed by atoms with Gasteiger partial charge in [-0.15, -0.1) is 0 Å². The molecule has 7 heteroatoms. The molecule has 0 radical (unpaired) electrons. The number of aryl methyl sites for hydroxylation is 1. The third-order valence-electron chi connectivity index (χ3n) is 4.27. The van der Waals surface area contributed by atoms with Crippen molar-refractivity contribution in [1.82, 2.24) is 15.3 Å². The average Bonchev–Trinajstić information content (AvgIpc) is 2.66. The van der Waals surface area contributed by atoms with Crippen molar-refractivity contribution in [3.05, 3.63) is 65.5 Å². The quantitative estimate of drug-likeness (QED) is 0.639. The smallest absolute Gasteiger partial charge is 0.308 e. The van der Waals surface area contributed by atoms with Gasteiger partial charge in [-0.2, -0.15) is 0 Å². The zero-order valence-electron chi connectivity index (χ0n) is 15.8. The molecule has 0 fully saturated rings. The number of para-hydroxylation sites is 1. The second-order valence-corrected chi connectivity index (χ2v) is 6.57. The summed E-state index contributed by atoms with van der Waals surface area (Å²) in [4.78, 5) is 32.4. The Labute approximate surface area is 162 Å². The summed E-state index contributed by atoms with van der Waals surface area (Å²) in [7, 11) is 0. The van der Waals surface area contributed by atoms with Crippen LogP contribution >= 0.6 is 0 Å². The normalized spacial score (nSPS) is 11.8. The number of fused-ring (bicyclic) bond motifs is 1. The third-order valence-corrected chi connectivity index (χ3v) is 4.27. The van der Waals surface area contributed by atoms with Gasteiger partial charge in [-0.05, 0) is 24.6 Å². The van der Waals surface area contributed by atoms with Crippen molar-refractivity contribution in [3.8, 4) is 0 Å². The predicted molar refractivity (Wildman–Crippen MR) is 106 cm³/mol. The Morgan fingerprint density at radius 2 is 1.82 bits per heavy atom. The molecule has 1 heterocycles. The van der Waals surface area contributed by atoms with Crippen molar-refractivity contribution in [2.75, 3.05) is 5.73 Å². The van der Waals surface area contributed by atoms with Crippen LogP contribution in [0.4, 0.5) is 5.82 Å². The SMILES string of the molecule is CC(=O)NC(CC(=O)OCc1nc(N)c2ccccc2n1)c1ccc(C)cc1. The van der Waals surface area contributed by atoms with Crippen molar-refractivity contribution in [3.63, 3.8) is 0 Å². The zero-order chi connectivity index (χ0) is 20.1. The minimum absolute atomic E-state index is 0.00566. The molecule has 7 nitrogen and oxygen atoms in total. The molecular formula is C21H22N4O3. The number of nitrogens with zero attached hydrogens (tertiary/aromatic N) is 2. The fourth-order valence-electron chi connectivity index (χ4n) is 2.88. The van der Waals surface area contributed by atoms with Crippen LogP contribution in [0.5, 0.6) is 0 Å². The van der Waals surface area contributed by atoms with E-state index in [-0.39, 0.29) is 18.9 Å². The second kappa shape index (κ2) is 8.47. The van der Waals surface area contributed by atoms with E-state index < -0.39 is 12.0 Å². The molecule has 3 N–H and O–H groups in total. The first kappa shape index (κ1) is 19.3. The highest BCUT2D eigenvalue weighted by Crippen LogP contribution is 2.20. The number of nitrogens with one attached hydrogen (secondary N) is 1. The number of hydrogen-bond acceptors (Lipinski definition) is 6. The lowest BCUT2D eigenvalue weighted by molar-refractivity contribution is -0.145. The van der Waals surface area contributed by atoms with E-state index in [0.29, 0.717) is 17.2 Å². The second-order valence-electron chi connectivity index (χ2n) is 6.57. The molecule has 144 valence electrons. The minimum Gasteiger partial charge on any atom is -0.457 e. The first-order valence-electron chi connectivity index (χ1n) is 8.93. The van der Waals surface area contributed by atoms with E-state index >= 15 is 0 Å². The average molecular weight is 378 g/mol. The fourth-order valence-corrected chi connectivity index (χ4v) is 2.88. The van der Waals surface area contributed by atoms with Crippen LogP contribution in [0.3, 0.4) is 0 Å². The first-order valence-corrected chi connectivity index (χ1v) is 8.93. The molecule has 0 saturated carbocycles. The molecule has 1 unspecified atom stereocenters. The van der Waals surface area contributed by atoms with Gasteiger partial charge in [0.2, 0.25) is 5.91 Å². The van der Waals surface area contributed by atoms with E-state index in [0.717, 1.165) is 16.5 Å². The molecule has 1 amide bonds. The Balaban J connectivity index is 1.67. The molecule has 2 aromatic carbocycles. The highest BCUT2D eigenvalue weighted by atomic mass is 16.5. The van der Waals surface area contributed by atoms with Gasteiger partial charge in [-0.25, -0.2) is 9.97 Å². The number of rotatable bonds is 6. The largest absolute Gasteiger partial charge is 0.457 e. The maximum absolute atomic E-state index is 12.3. The summed E-state index contributed by atoms with van der Waals surface area (Å²) in [5, 5.41) is 3.54. The number of ether oxygens (including phenoxy) is 1. The van der Waals surface area contributed by atoms with Crippen LogP contribution in [0.2, 0.25) is 0 Å². The lowest BCUT2D eigenvalue weighted by Gasteiger charge is -2.18. The number of amides is 1. The van der Waals surface area contributed by atoms with Crippen LogP contribution in [0.1, 0.15) is 36.3 Å². The molecule has 0 bridgehead atoms. The van der Waals surface area contributed by atoms with E-state index in [1.807, 2.05) is 55.5 Å². The number of carbonyl (C=O) groups is 2. The number of anilines is 1. The van der Waals surface area contributed by atoms with Crippen molar-refractivity contribution in [2.24, 2.45) is 0 Å². The summed E-state index contributed by atoms with van der Waals surface area (Å²) in [5.41, 5.74) is 8.57. The number of aromatic nitrogens is 2. The monoisotopic (exact) mass is 378 g/mol. The van der Waals surface area contributed by atoms with Crippen molar-refractivity contribution in [1.29, 1.82) is 0 Å². The number of benzene rings is 2. The molecule has 28 heavy (non-hydrogen) atoms. The third kappa shape index (κ3) is 4.82. The van der Waals surface area contributed by atoms with Crippen LogP contribution < -0.4 is 11.1 Å². The molecule has 1 atom stereocenters. The number of esters is 1. The number of hydrogen-bond donors (Lipinski definition) is 2. The van der Waals surface area contributed by atoms with Crippen LogP contribution in [-0.2, 0) is 20.9 Å². The van der Waals surface area contributed by atoms with Gasteiger partial charge in [0, 0.05) is 12.3 Å². The molecule has 1 aromatic heterocycles. The fraction of sp³-hybridized carbons (Fsp3) is 0.238. The lowest BCUT2D eigenvalue weighted by Crippen LogP contribution is -2.28. The molecular weight excluding hydrogens is 356 g/mol. The summed E-state index contributed by atoms with van der Waals surface area (Å²) in [6.07, 6.45) is 0.00566. The number of nitrogen functional groups attached to an aromatic ring is 1. The Morgan fingerprint density at radius 1 is 1.11 bits per heavy atom. The predicted octanol–water partition coefficient (Wildman–Crippen LogP) is 2.83. The topological polar surface area (TPSA) is 107 Å². The summed E-state index contributed by atoms with van der Waals surface area (Å²) in [5.74, 6) is -0.0120. The van der Waals surface area contributed by atoms with Gasteiger partial charge in [0.1, 0.15) is 5.82 Å². The highest BCUT2D eigenvalue weighted by Gasteiger charge is 2.18. The molecule has 3 rings (SSSR count). The van der Waals surface area contributed by atoms with E-state index in [4.69, 9.17) is 10.5 Å². The van der Waals surface area contributed by atoms with Gasteiger partial charge >= 0.3 is 5.97 Å². The van der Waals surface area contributed by atoms with Crippen molar-refractivity contribution < 1.29 is 14.3 Å². The molecule has 0 aliphatic heterocycles. The molecule has 0 spiro atoms. The standard InChI is InChI=1S/C21H22N4O3/c1-13-7-9-15(10-8-13)18(23-14(2)26)11-20(27)28-12-19-24-17-6-4-3-5-16(17)21(22)25-19/h3-10,18H,11-12H2,1-2H3,(H,23,26)(H2,22,24,25). The lowest BCUT2D eigenvalue weighted by atomic mass is 10.0. The van der Waals surface area contributed by atoms with E-state index in [9.17, 15) is 9.59 Å². The van der Waals surface area contributed by atoms with E-state index in [1.54, 1.807) is 0 Å². The van der Waals surface area contributed by atoms with Crippen LogP contribution in [0.25, 0.3) is 10.9 Å². The zero-order valence-corrected chi connectivity index (χ0v) is 15.8. The molecule has 0 saturated heterocycles. The summed E-state index contributed by atoms with van der Waals surface area (Å²) >= 11 is 0.